The molecule has 2 aliphatic rings. The van der Waals surface area contributed by atoms with E-state index < -0.39 is 5.92 Å². The number of rotatable bonds is 5. The van der Waals surface area contributed by atoms with Crippen molar-refractivity contribution in [2.45, 2.75) is 26.4 Å². The van der Waals surface area contributed by atoms with E-state index >= 15 is 0 Å². The second kappa shape index (κ2) is 8.91. The molecule has 2 N–H and O–H groups in total. The van der Waals surface area contributed by atoms with Crippen LogP contribution < -0.4 is 15.6 Å². The number of hydrazine groups is 1. The number of hydrogen-bond donors (Lipinski definition) is 2. The number of aryl methyl sites for hydroxylation is 2. The Morgan fingerprint density at radius 2 is 1.85 bits per heavy atom. The summed E-state index contributed by atoms with van der Waals surface area (Å²) >= 11 is 0. The van der Waals surface area contributed by atoms with Gasteiger partial charge in [0.1, 0.15) is 12.4 Å². The number of benzene rings is 3. The van der Waals surface area contributed by atoms with Gasteiger partial charge in [0.15, 0.2) is 0 Å². The molecule has 0 aliphatic carbocycles. The van der Waals surface area contributed by atoms with Crippen molar-refractivity contribution >= 4 is 23.2 Å². The van der Waals surface area contributed by atoms with E-state index in [2.05, 4.69) is 27.8 Å². The van der Waals surface area contributed by atoms with E-state index in [0.717, 1.165) is 27.9 Å². The predicted molar refractivity (Wildman–Crippen MR) is 130 cm³/mol. The number of anilines is 2. The average Bonchev–Trinajstić information content (AvgIpc) is 3.11. The third kappa shape index (κ3) is 4.39. The number of hydrogen-bond acceptors (Lipinski definition) is 4. The minimum atomic E-state index is -0.411. The molecule has 3 aromatic carbocycles. The van der Waals surface area contributed by atoms with E-state index in [-0.39, 0.29) is 30.2 Å². The Morgan fingerprint density at radius 1 is 1.06 bits per heavy atom. The fourth-order valence-corrected chi connectivity index (χ4v) is 4.82. The van der Waals surface area contributed by atoms with Gasteiger partial charge in [-0.2, -0.15) is 0 Å². The van der Waals surface area contributed by atoms with Crippen LogP contribution in [0.1, 0.15) is 28.3 Å². The van der Waals surface area contributed by atoms with Gasteiger partial charge in [-0.25, -0.2) is 9.82 Å². The smallest absolute Gasteiger partial charge is 0.245 e. The van der Waals surface area contributed by atoms with Gasteiger partial charge in [-0.05, 0) is 55.3 Å². The predicted octanol–water partition coefficient (Wildman–Crippen LogP) is 4.11. The summed E-state index contributed by atoms with van der Waals surface area (Å²) in [7, 11) is 0. The Bertz CT molecular complexity index is 1240. The van der Waals surface area contributed by atoms with Gasteiger partial charge < -0.3 is 10.2 Å². The zero-order chi connectivity index (χ0) is 23.8. The maximum atomic E-state index is 14.2. The van der Waals surface area contributed by atoms with Gasteiger partial charge in [0.2, 0.25) is 11.8 Å². The van der Waals surface area contributed by atoms with Gasteiger partial charge in [0.05, 0.1) is 12.0 Å². The minimum absolute atomic E-state index is 0.123. The molecule has 6 nitrogen and oxygen atoms in total. The molecule has 2 heterocycles. The lowest BCUT2D eigenvalue weighted by atomic mass is 9.87. The molecular formula is C27H27FN4O2. The van der Waals surface area contributed by atoms with Gasteiger partial charge in [-0.1, -0.05) is 47.5 Å². The van der Waals surface area contributed by atoms with Crippen molar-refractivity contribution in [2.24, 2.45) is 5.92 Å². The summed E-state index contributed by atoms with van der Waals surface area (Å²) in [6.45, 7) is 5.00. The third-order valence-electron chi connectivity index (χ3n) is 6.46. The number of carbonyl (C=O) groups excluding carboxylic acids is 2. The Kier molecular flexibility index (Phi) is 5.79. The fraction of sp³-hybridized carbons (Fsp3) is 0.259. The highest BCUT2D eigenvalue weighted by Gasteiger charge is 2.46. The Hall–Kier alpha value is -3.71. The van der Waals surface area contributed by atoms with Gasteiger partial charge in [0.25, 0.3) is 0 Å². The van der Waals surface area contributed by atoms with Crippen LogP contribution in [-0.4, -0.2) is 29.9 Å². The Labute approximate surface area is 198 Å². The molecule has 174 valence electrons. The summed E-state index contributed by atoms with van der Waals surface area (Å²) in [5.41, 5.74) is 8.87. The minimum Gasteiger partial charge on any atom is -0.366 e. The van der Waals surface area contributed by atoms with Crippen molar-refractivity contribution in [2.75, 3.05) is 23.3 Å². The second-order valence-corrected chi connectivity index (χ2v) is 9.12. The lowest BCUT2D eigenvalue weighted by molar-refractivity contribution is -0.135. The summed E-state index contributed by atoms with van der Waals surface area (Å²) in [6.07, 6.45) is 0. The molecule has 2 atom stereocenters. The highest BCUT2D eigenvalue weighted by molar-refractivity contribution is 5.95. The molecule has 0 bridgehead atoms. The van der Waals surface area contributed by atoms with Crippen molar-refractivity contribution in [3.8, 4) is 0 Å². The highest BCUT2D eigenvalue weighted by atomic mass is 19.1. The van der Waals surface area contributed by atoms with E-state index in [0.29, 0.717) is 18.8 Å². The molecule has 7 heteroatoms. The van der Waals surface area contributed by atoms with Crippen molar-refractivity contribution in [3.05, 3.63) is 94.8 Å². The molecule has 2 unspecified atom stereocenters. The van der Waals surface area contributed by atoms with Crippen LogP contribution in [0.5, 0.6) is 0 Å². The van der Waals surface area contributed by atoms with Crippen molar-refractivity contribution in [1.82, 2.24) is 10.4 Å². The summed E-state index contributed by atoms with van der Waals surface area (Å²) in [5.74, 6) is -1.21. The molecular weight excluding hydrogens is 431 g/mol. The maximum Gasteiger partial charge on any atom is 0.245 e. The standard InChI is InChI=1S/C27H27FN4O2/c1-17-6-9-21(10-7-17)29-25(33)16-32-27(34)23-15-31(14-19-5-3-4-18(2)12-19)24-11-8-20(28)13-22(24)26(23)30-32/h3-13,23,26,30H,14-16H2,1-2H3,(H,29,33). The molecule has 5 rings (SSSR count). The largest absolute Gasteiger partial charge is 0.366 e. The molecule has 0 aromatic heterocycles. The van der Waals surface area contributed by atoms with Crippen LogP contribution in [0.4, 0.5) is 15.8 Å². The van der Waals surface area contributed by atoms with Crippen LogP contribution in [0.3, 0.4) is 0 Å². The molecule has 2 aliphatic heterocycles. The monoisotopic (exact) mass is 458 g/mol. The summed E-state index contributed by atoms with van der Waals surface area (Å²) < 4.78 is 14.2. The van der Waals surface area contributed by atoms with Crippen LogP contribution in [0.2, 0.25) is 0 Å². The zero-order valence-corrected chi connectivity index (χ0v) is 19.2. The molecule has 34 heavy (non-hydrogen) atoms. The van der Waals surface area contributed by atoms with Gasteiger partial charge in [0, 0.05) is 24.5 Å². The number of carbonyl (C=O) groups is 2. The second-order valence-electron chi connectivity index (χ2n) is 9.12. The van der Waals surface area contributed by atoms with E-state index in [1.807, 2.05) is 50.2 Å². The number of amides is 2. The van der Waals surface area contributed by atoms with Gasteiger partial charge in [-0.3, -0.25) is 14.6 Å². The van der Waals surface area contributed by atoms with E-state index in [1.54, 1.807) is 6.07 Å². The summed E-state index contributed by atoms with van der Waals surface area (Å²) in [4.78, 5) is 28.0. The quantitative estimate of drug-likeness (QED) is 0.604. The molecule has 3 aromatic rings. The Balaban J connectivity index is 1.36. The number of halogens is 1. The molecule has 0 saturated carbocycles. The average molecular weight is 459 g/mol. The maximum absolute atomic E-state index is 14.2. The lowest BCUT2D eigenvalue weighted by Gasteiger charge is -2.36. The lowest BCUT2D eigenvalue weighted by Crippen LogP contribution is -2.41. The van der Waals surface area contributed by atoms with Crippen LogP contribution in [0.25, 0.3) is 0 Å². The van der Waals surface area contributed by atoms with Crippen LogP contribution in [-0.2, 0) is 16.1 Å². The zero-order valence-electron chi connectivity index (χ0n) is 19.2. The molecule has 2 amide bonds. The molecule has 1 saturated heterocycles. The fourth-order valence-electron chi connectivity index (χ4n) is 4.82. The SMILES string of the molecule is Cc1ccc(NC(=O)CN2NC3c4cc(F)ccc4N(Cc4cccc(C)c4)CC3C2=O)cc1. The van der Waals surface area contributed by atoms with E-state index in [1.165, 1.54) is 17.1 Å². The third-order valence-corrected chi connectivity index (χ3v) is 6.46. The topological polar surface area (TPSA) is 64.7 Å². The van der Waals surface area contributed by atoms with Crippen molar-refractivity contribution in [1.29, 1.82) is 0 Å². The normalized spacial score (nSPS) is 19.1. The first-order valence-corrected chi connectivity index (χ1v) is 11.4. The summed E-state index contributed by atoms with van der Waals surface area (Å²) in [5, 5.41) is 4.19. The molecule has 0 spiro atoms. The number of nitrogens with zero attached hydrogens (tertiary/aromatic N) is 2. The van der Waals surface area contributed by atoms with Crippen LogP contribution >= 0.6 is 0 Å². The van der Waals surface area contributed by atoms with Crippen LogP contribution in [0, 0.1) is 25.6 Å². The number of fused-ring (bicyclic) bond motifs is 3. The van der Waals surface area contributed by atoms with Gasteiger partial charge >= 0.3 is 0 Å². The van der Waals surface area contributed by atoms with Crippen molar-refractivity contribution in [3.63, 3.8) is 0 Å². The van der Waals surface area contributed by atoms with Crippen LogP contribution in [0.15, 0.2) is 66.7 Å². The molecule has 0 radical (unpaired) electrons. The Morgan fingerprint density at radius 3 is 2.62 bits per heavy atom. The first-order valence-electron chi connectivity index (χ1n) is 11.4. The highest BCUT2D eigenvalue weighted by Crippen LogP contribution is 2.42. The molecule has 1 fully saturated rings. The van der Waals surface area contributed by atoms with E-state index in [4.69, 9.17) is 0 Å². The van der Waals surface area contributed by atoms with Crippen molar-refractivity contribution < 1.29 is 14.0 Å². The first-order chi connectivity index (χ1) is 16.4. The van der Waals surface area contributed by atoms with E-state index in [9.17, 15) is 14.0 Å². The van der Waals surface area contributed by atoms with Gasteiger partial charge in [-0.15, -0.1) is 0 Å². The first kappa shape index (κ1) is 22.1. The number of nitrogens with one attached hydrogen (secondary N) is 2. The summed E-state index contributed by atoms with van der Waals surface area (Å²) in [6, 6.07) is 20.1.